The van der Waals surface area contributed by atoms with Crippen LogP contribution in [-0.2, 0) is 20.4 Å². The van der Waals surface area contributed by atoms with Crippen molar-refractivity contribution in [3.63, 3.8) is 0 Å². The zero-order valence-electron chi connectivity index (χ0n) is 31.2. The van der Waals surface area contributed by atoms with Gasteiger partial charge in [-0.1, -0.05) is 0 Å². The van der Waals surface area contributed by atoms with Crippen LogP contribution in [-0.4, -0.2) is 5.43 Å². The number of halogens is 2. The van der Waals surface area contributed by atoms with E-state index in [-0.39, 0.29) is 24.8 Å². The van der Waals surface area contributed by atoms with E-state index in [1.165, 1.54) is 67.8 Å². The van der Waals surface area contributed by atoms with Crippen LogP contribution in [0.25, 0.3) is 56.0 Å². The van der Waals surface area contributed by atoms with Gasteiger partial charge >= 0.3 is 309 Å². The van der Waals surface area contributed by atoms with E-state index >= 15 is 0 Å². The average Bonchev–Trinajstić information content (AvgIpc) is 3.65. The van der Waals surface area contributed by atoms with Crippen LogP contribution in [0.1, 0.15) is 70.0 Å². The Balaban J connectivity index is 0.00000232. The first-order chi connectivity index (χ1) is 24.3. The summed E-state index contributed by atoms with van der Waals surface area (Å²) in [6, 6.07) is 46.1. The molecule has 262 valence electrons. The molecular weight excluding hydrogens is 767 g/mol. The molecule has 52 heavy (non-hydrogen) atoms. The summed E-state index contributed by atoms with van der Waals surface area (Å²) in [5.74, 6) is 1.26. The molecule has 2 aliphatic rings. The zero-order chi connectivity index (χ0) is 34.5. The molecule has 0 aromatic heterocycles. The Morgan fingerprint density at radius 3 is 1.25 bits per heavy atom. The van der Waals surface area contributed by atoms with Crippen molar-refractivity contribution in [3.8, 4) is 22.3 Å². The molecule has 0 radical (unpaired) electrons. The Labute approximate surface area is 331 Å². The van der Waals surface area contributed by atoms with E-state index in [2.05, 4.69) is 174 Å². The summed E-state index contributed by atoms with van der Waals surface area (Å²) >= 11 is -2.33. The number of benzene rings is 6. The molecule has 0 saturated carbocycles. The number of rotatable bonds is 8. The minimum Gasteiger partial charge on any atom is -1.00 e. The molecule has 0 heterocycles. The summed E-state index contributed by atoms with van der Waals surface area (Å²) in [6.07, 6.45) is 7.73. The third-order valence-corrected chi connectivity index (χ3v) is 30.4. The molecule has 6 aromatic carbocycles. The summed E-state index contributed by atoms with van der Waals surface area (Å²) in [7, 11) is 0. The van der Waals surface area contributed by atoms with E-state index in [1.807, 2.05) is 0 Å². The number of hydrogen-bond acceptors (Lipinski definition) is 0. The first kappa shape index (κ1) is 38.7. The quantitative estimate of drug-likeness (QED) is 0.137. The first-order valence-corrected chi connectivity index (χ1v) is 27.6. The molecule has 2 unspecified atom stereocenters. The predicted molar refractivity (Wildman–Crippen MR) is 217 cm³/mol. The molecule has 0 N–H and O–H groups in total. The largest absolute Gasteiger partial charge is 1.00 e. The van der Waals surface area contributed by atoms with E-state index in [0.717, 1.165) is 0 Å². The van der Waals surface area contributed by atoms with Crippen molar-refractivity contribution in [1.82, 2.24) is 0 Å². The summed E-state index contributed by atoms with van der Waals surface area (Å²) in [5.41, 5.74) is 14.7. The fourth-order valence-electron chi connectivity index (χ4n) is 9.09. The van der Waals surface area contributed by atoms with E-state index in [1.54, 1.807) is 22.3 Å². The molecule has 6 aromatic rings. The second kappa shape index (κ2) is 16.2. The Bertz CT molecular complexity index is 2210. The number of fused-ring (bicyclic) bond motifs is 4. The second-order valence-electron chi connectivity index (χ2n) is 15.6. The van der Waals surface area contributed by atoms with Crippen LogP contribution in [0.2, 0.25) is 13.1 Å². The SMILES string of the molecule is CC(C)CC1=Cc2c(-c3cccc4ccccc34)cccc2[CH]1[Zr+2]([CH]1C(CC(C)C)=Cc2c(-c3cccc4ccccc34)cccc21)=[Si](C)C.[Cl-].[Cl-]. The van der Waals surface area contributed by atoms with E-state index in [4.69, 9.17) is 0 Å². The Kier molecular flexibility index (Phi) is 12.0. The van der Waals surface area contributed by atoms with Gasteiger partial charge in [0.1, 0.15) is 0 Å². The topological polar surface area (TPSA) is 0 Å². The van der Waals surface area contributed by atoms with Crippen LogP contribution in [0.15, 0.2) is 132 Å². The summed E-state index contributed by atoms with van der Waals surface area (Å²) in [4.78, 5) is 0. The molecule has 2 atom stereocenters. The van der Waals surface area contributed by atoms with E-state index < -0.39 is 25.8 Å². The fourth-order valence-corrected chi connectivity index (χ4v) is 29.5. The van der Waals surface area contributed by atoms with Crippen LogP contribution in [0, 0.1) is 11.8 Å². The van der Waals surface area contributed by atoms with Gasteiger partial charge in [0.2, 0.25) is 0 Å². The molecule has 4 heteroatoms. The first-order valence-electron chi connectivity index (χ1n) is 18.6. The Morgan fingerprint density at radius 2 is 0.846 bits per heavy atom. The molecule has 0 fully saturated rings. The molecule has 8 rings (SSSR count). The molecule has 0 spiro atoms. The average molecular weight is 815 g/mol. The molecular formula is C48H48Cl2SiZr. The maximum absolute atomic E-state index is 2.68. The van der Waals surface area contributed by atoms with Crippen LogP contribution in [0.3, 0.4) is 0 Å². The van der Waals surface area contributed by atoms with E-state index in [9.17, 15) is 0 Å². The van der Waals surface area contributed by atoms with Gasteiger partial charge in [-0.25, -0.2) is 0 Å². The van der Waals surface area contributed by atoms with Gasteiger partial charge < -0.3 is 24.8 Å². The van der Waals surface area contributed by atoms with E-state index in [0.29, 0.717) is 19.1 Å². The van der Waals surface area contributed by atoms with Gasteiger partial charge in [-0.15, -0.1) is 0 Å². The van der Waals surface area contributed by atoms with Gasteiger partial charge in [0.15, 0.2) is 0 Å². The van der Waals surface area contributed by atoms with Gasteiger partial charge in [0.05, 0.1) is 0 Å². The maximum atomic E-state index is 2.68. The van der Waals surface area contributed by atoms with Crippen molar-refractivity contribution < 1.29 is 45.2 Å². The van der Waals surface area contributed by atoms with Gasteiger partial charge in [0.25, 0.3) is 0 Å². The minimum absolute atomic E-state index is 0. The second-order valence-corrected chi connectivity index (χ2v) is 33.5. The van der Waals surface area contributed by atoms with Gasteiger partial charge in [-0.3, -0.25) is 0 Å². The molecule has 0 saturated heterocycles. The third-order valence-electron chi connectivity index (χ3n) is 10.9. The van der Waals surface area contributed by atoms with Crippen LogP contribution >= 0.6 is 0 Å². The summed E-state index contributed by atoms with van der Waals surface area (Å²) < 4.78 is 1.22. The molecule has 0 aliphatic heterocycles. The molecule has 0 bridgehead atoms. The number of allylic oxidation sites excluding steroid dienone is 2. The standard InChI is InChI=1S/2C23H21.C2H6Si.2ClH.Zr/c2*1-16(2)13-17-14-19-9-6-12-22(23(19)15-17)21-11-5-8-18-7-3-4-10-20(18)21;1-3-2;;;/h2*3-12,14-16H,13H2,1-2H3;1-2H3;2*1H;/q;;;;;+2/p-2. The van der Waals surface area contributed by atoms with Crippen LogP contribution in [0.4, 0.5) is 0 Å². The zero-order valence-corrected chi connectivity index (χ0v) is 36.2. The summed E-state index contributed by atoms with van der Waals surface area (Å²) in [6.45, 7) is 15.0. The molecule has 0 amide bonds. The van der Waals surface area contributed by atoms with Crippen molar-refractivity contribution in [3.05, 3.63) is 155 Å². The van der Waals surface area contributed by atoms with Crippen molar-refractivity contribution in [2.24, 2.45) is 11.8 Å². The van der Waals surface area contributed by atoms with Gasteiger partial charge in [0, 0.05) is 0 Å². The Morgan fingerprint density at radius 1 is 0.481 bits per heavy atom. The van der Waals surface area contributed by atoms with Crippen molar-refractivity contribution in [1.29, 1.82) is 0 Å². The Hall–Kier alpha value is -3.00. The molecule has 0 nitrogen and oxygen atoms in total. The van der Waals surface area contributed by atoms with Crippen molar-refractivity contribution >= 4 is 39.1 Å². The molecule has 2 aliphatic carbocycles. The van der Waals surface area contributed by atoms with Gasteiger partial charge in [-0.05, 0) is 0 Å². The summed E-state index contributed by atoms with van der Waals surface area (Å²) in [5, 5.41) is 5.35. The normalized spacial score (nSPS) is 15.8. The smallest absolute Gasteiger partial charge is 1.00 e. The minimum atomic E-state index is -2.33. The maximum Gasteiger partial charge on any atom is -1.00 e. The van der Waals surface area contributed by atoms with Crippen molar-refractivity contribution in [2.75, 3.05) is 0 Å². The van der Waals surface area contributed by atoms with Crippen LogP contribution in [0.5, 0.6) is 0 Å². The predicted octanol–water partition coefficient (Wildman–Crippen LogP) is 7.87. The van der Waals surface area contributed by atoms with Gasteiger partial charge in [-0.2, -0.15) is 0 Å². The monoisotopic (exact) mass is 812 g/mol. The van der Waals surface area contributed by atoms with Crippen molar-refractivity contribution in [2.45, 2.75) is 60.9 Å². The fraction of sp³-hybridized carbons (Fsp3) is 0.250. The number of hydrogen-bond donors (Lipinski definition) is 0. The third kappa shape index (κ3) is 7.02. The van der Waals surface area contributed by atoms with Crippen LogP contribution < -0.4 is 24.8 Å².